The first-order valence-electron chi connectivity index (χ1n) is 9.32. The van der Waals surface area contributed by atoms with E-state index in [9.17, 15) is 0 Å². The van der Waals surface area contributed by atoms with Crippen LogP contribution in [0.5, 0.6) is 0 Å². The quantitative estimate of drug-likeness (QED) is 0.676. The van der Waals surface area contributed by atoms with E-state index in [0.717, 1.165) is 12.1 Å². The molecule has 2 nitrogen and oxygen atoms in total. The lowest BCUT2D eigenvalue weighted by Crippen LogP contribution is -2.66. The summed E-state index contributed by atoms with van der Waals surface area (Å²) in [5, 5.41) is 7.96. The minimum Gasteiger partial charge on any atom is -0.312 e. The van der Waals surface area contributed by atoms with Gasteiger partial charge in [0.1, 0.15) is 0 Å². The molecule has 2 fully saturated rings. The van der Waals surface area contributed by atoms with Gasteiger partial charge in [-0.1, -0.05) is 52.4 Å². The Morgan fingerprint density at radius 3 is 2.55 bits per heavy atom. The third-order valence-electron chi connectivity index (χ3n) is 5.53. The highest BCUT2D eigenvalue weighted by atomic mass is 15.1. The average Bonchev–Trinajstić information content (AvgIpc) is 2.47. The van der Waals surface area contributed by atoms with Crippen molar-refractivity contribution in [2.24, 2.45) is 0 Å². The number of hydrogen-bond donors (Lipinski definition) is 2. The van der Waals surface area contributed by atoms with Gasteiger partial charge < -0.3 is 10.6 Å². The Morgan fingerprint density at radius 2 is 1.75 bits per heavy atom. The third kappa shape index (κ3) is 4.21. The van der Waals surface area contributed by atoms with E-state index < -0.39 is 0 Å². The van der Waals surface area contributed by atoms with Crippen LogP contribution in [0.4, 0.5) is 0 Å². The number of unbranched alkanes of at least 4 members (excludes halogenated alkanes) is 3. The Labute approximate surface area is 126 Å². The van der Waals surface area contributed by atoms with Crippen LogP contribution in [-0.2, 0) is 0 Å². The summed E-state index contributed by atoms with van der Waals surface area (Å²) in [6.07, 6.45) is 16.6. The first-order valence-corrected chi connectivity index (χ1v) is 9.32. The zero-order chi connectivity index (χ0) is 14.3. The number of piperidine rings is 2. The standard InChI is InChI=1S/C18H36N2/c1-3-5-7-10-16-11-8-13-18(20-16)14-9-15-19-17(18)12-6-4-2/h16-17,19-20H,3-15H2,1-2H3/t16-,17+,18-/m1/s1. The van der Waals surface area contributed by atoms with Crippen LogP contribution < -0.4 is 10.6 Å². The molecule has 2 saturated heterocycles. The molecule has 0 aliphatic carbocycles. The molecular formula is C18H36N2. The van der Waals surface area contributed by atoms with Gasteiger partial charge in [-0.2, -0.15) is 0 Å². The smallest absolute Gasteiger partial charge is 0.0337 e. The molecule has 2 aliphatic heterocycles. The van der Waals surface area contributed by atoms with Gasteiger partial charge in [0.25, 0.3) is 0 Å². The van der Waals surface area contributed by atoms with Gasteiger partial charge in [-0.25, -0.2) is 0 Å². The number of rotatable bonds is 7. The predicted octanol–water partition coefficient (Wildman–Crippen LogP) is 4.39. The Bertz CT molecular complexity index is 262. The van der Waals surface area contributed by atoms with Crippen molar-refractivity contribution in [2.75, 3.05) is 6.54 Å². The SMILES string of the molecule is CCCCC[C@@H]1CCC[C@]2(CCCN[C@H]2CCCC)N1. The van der Waals surface area contributed by atoms with Gasteiger partial charge in [-0.15, -0.1) is 0 Å². The van der Waals surface area contributed by atoms with Gasteiger partial charge >= 0.3 is 0 Å². The molecular weight excluding hydrogens is 244 g/mol. The molecule has 3 atom stereocenters. The second-order valence-electron chi connectivity index (χ2n) is 7.14. The van der Waals surface area contributed by atoms with Crippen LogP contribution in [0.25, 0.3) is 0 Å². The number of hydrogen-bond acceptors (Lipinski definition) is 2. The Kier molecular flexibility index (Phi) is 6.83. The molecule has 0 bridgehead atoms. The molecule has 0 aromatic carbocycles. The summed E-state index contributed by atoms with van der Waals surface area (Å²) < 4.78 is 0. The fourth-order valence-electron chi connectivity index (χ4n) is 4.38. The summed E-state index contributed by atoms with van der Waals surface area (Å²) in [5.74, 6) is 0. The lowest BCUT2D eigenvalue weighted by molar-refractivity contribution is 0.103. The molecule has 1 spiro atoms. The fourth-order valence-corrected chi connectivity index (χ4v) is 4.38. The Morgan fingerprint density at radius 1 is 0.950 bits per heavy atom. The van der Waals surface area contributed by atoms with Crippen molar-refractivity contribution >= 4 is 0 Å². The minimum absolute atomic E-state index is 0.433. The van der Waals surface area contributed by atoms with Crippen molar-refractivity contribution in [3.63, 3.8) is 0 Å². The van der Waals surface area contributed by atoms with Crippen LogP contribution in [0, 0.1) is 0 Å². The average molecular weight is 280 g/mol. The van der Waals surface area contributed by atoms with E-state index >= 15 is 0 Å². The minimum atomic E-state index is 0.433. The van der Waals surface area contributed by atoms with Crippen LogP contribution in [-0.4, -0.2) is 24.2 Å². The number of nitrogens with one attached hydrogen (secondary N) is 2. The maximum Gasteiger partial charge on any atom is 0.0337 e. The van der Waals surface area contributed by atoms with E-state index in [4.69, 9.17) is 0 Å². The lowest BCUT2D eigenvalue weighted by atomic mass is 9.73. The Hall–Kier alpha value is -0.0800. The summed E-state index contributed by atoms with van der Waals surface area (Å²) in [4.78, 5) is 0. The first kappa shape index (κ1) is 16.3. The molecule has 2 heterocycles. The van der Waals surface area contributed by atoms with E-state index in [1.54, 1.807) is 0 Å². The van der Waals surface area contributed by atoms with Crippen molar-refractivity contribution in [3.05, 3.63) is 0 Å². The molecule has 2 rings (SSSR count). The van der Waals surface area contributed by atoms with Crippen LogP contribution >= 0.6 is 0 Å². The Balaban J connectivity index is 1.91. The summed E-state index contributed by atoms with van der Waals surface area (Å²) in [6.45, 7) is 5.86. The van der Waals surface area contributed by atoms with Crippen molar-refractivity contribution in [2.45, 2.75) is 109 Å². The maximum absolute atomic E-state index is 4.12. The second kappa shape index (κ2) is 8.38. The van der Waals surface area contributed by atoms with Gasteiger partial charge in [0.2, 0.25) is 0 Å². The molecule has 0 saturated carbocycles. The van der Waals surface area contributed by atoms with Gasteiger partial charge in [0.05, 0.1) is 0 Å². The molecule has 2 aliphatic rings. The van der Waals surface area contributed by atoms with Crippen molar-refractivity contribution < 1.29 is 0 Å². The topological polar surface area (TPSA) is 24.1 Å². The van der Waals surface area contributed by atoms with Gasteiger partial charge in [-0.3, -0.25) is 0 Å². The van der Waals surface area contributed by atoms with E-state index in [0.29, 0.717) is 5.54 Å². The van der Waals surface area contributed by atoms with Gasteiger partial charge in [0.15, 0.2) is 0 Å². The van der Waals surface area contributed by atoms with Crippen LogP contribution in [0.15, 0.2) is 0 Å². The van der Waals surface area contributed by atoms with Crippen molar-refractivity contribution in [3.8, 4) is 0 Å². The van der Waals surface area contributed by atoms with E-state index in [1.807, 2.05) is 0 Å². The zero-order valence-corrected chi connectivity index (χ0v) is 13.8. The predicted molar refractivity (Wildman–Crippen MR) is 88.2 cm³/mol. The van der Waals surface area contributed by atoms with Crippen molar-refractivity contribution in [1.29, 1.82) is 0 Å². The van der Waals surface area contributed by atoms with Crippen molar-refractivity contribution in [1.82, 2.24) is 10.6 Å². The highest BCUT2D eigenvalue weighted by molar-refractivity contribution is 5.05. The summed E-state index contributed by atoms with van der Waals surface area (Å²) in [6, 6.07) is 1.52. The lowest BCUT2D eigenvalue weighted by Gasteiger charge is -2.51. The zero-order valence-electron chi connectivity index (χ0n) is 13.8. The van der Waals surface area contributed by atoms with Crippen LogP contribution in [0.1, 0.15) is 90.9 Å². The second-order valence-corrected chi connectivity index (χ2v) is 7.14. The van der Waals surface area contributed by atoms with Crippen LogP contribution in [0.3, 0.4) is 0 Å². The molecule has 118 valence electrons. The maximum atomic E-state index is 4.12. The highest BCUT2D eigenvalue weighted by Crippen LogP contribution is 2.35. The molecule has 0 aromatic heterocycles. The summed E-state index contributed by atoms with van der Waals surface area (Å²) in [5.41, 5.74) is 0.433. The van der Waals surface area contributed by atoms with E-state index in [2.05, 4.69) is 24.5 Å². The van der Waals surface area contributed by atoms with Crippen LogP contribution in [0.2, 0.25) is 0 Å². The molecule has 0 amide bonds. The molecule has 0 unspecified atom stereocenters. The third-order valence-corrected chi connectivity index (χ3v) is 5.53. The highest BCUT2D eigenvalue weighted by Gasteiger charge is 2.42. The summed E-state index contributed by atoms with van der Waals surface area (Å²) in [7, 11) is 0. The van der Waals surface area contributed by atoms with Gasteiger partial charge in [-0.05, 0) is 45.1 Å². The molecule has 0 radical (unpaired) electrons. The normalized spacial score (nSPS) is 34.5. The first-order chi connectivity index (χ1) is 9.80. The largest absolute Gasteiger partial charge is 0.312 e. The van der Waals surface area contributed by atoms with E-state index in [-0.39, 0.29) is 0 Å². The summed E-state index contributed by atoms with van der Waals surface area (Å²) >= 11 is 0. The molecule has 2 heteroatoms. The molecule has 2 N–H and O–H groups in total. The monoisotopic (exact) mass is 280 g/mol. The molecule has 20 heavy (non-hydrogen) atoms. The van der Waals surface area contributed by atoms with Gasteiger partial charge in [0, 0.05) is 17.6 Å². The van der Waals surface area contributed by atoms with E-state index in [1.165, 1.54) is 83.6 Å². The fraction of sp³-hybridized carbons (Fsp3) is 1.00. The molecule has 0 aromatic rings.